The van der Waals surface area contributed by atoms with Crippen LogP contribution in [0.5, 0.6) is 0 Å². The zero-order valence-electron chi connectivity index (χ0n) is 21.7. The molecule has 1 spiro atoms. The number of rotatable bonds is 10. The lowest BCUT2D eigenvalue weighted by atomic mass is 9.72. The third kappa shape index (κ3) is 7.39. The van der Waals surface area contributed by atoms with E-state index in [1.165, 1.54) is 11.3 Å². The fourth-order valence-corrected chi connectivity index (χ4v) is 5.72. The van der Waals surface area contributed by atoms with E-state index in [9.17, 15) is 9.59 Å². The Labute approximate surface area is 220 Å². The topological polar surface area (TPSA) is 87.9 Å². The molecule has 8 heteroatoms. The number of carbonyl (C=O) groups excluding carboxylic acids is 2. The molecule has 2 heterocycles. The summed E-state index contributed by atoms with van der Waals surface area (Å²) in [7, 11) is 0. The molecule has 196 valence electrons. The van der Waals surface area contributed by atoms with E-state index in [2.05, 4.69) is 54.7 Å². The molecule has 7 nitrogen and oxygen atoms in total. The lowest BCUT2D eigenvalue weighted by molar-refractivity contribution is -0.139. The zero-order chi connectivity index (χ0) is 26.6. The van der Waals surface area contributed by atoms with Crippen LogP contribution < -0.4 is 11.1 Å². The van der Waals surface area contributed by atoms with Crippen molar-refractivity contribution in [3.8, 4) is 12.8 Å². The van der Waals surface area contributed by atoms with Crippen LogP contribution in [0.1, 0.15) is 38.7 Å². The minimum Gasteiger partial charge on any atom is -0.374 e. The summed E-state index contributed by atoms with van der Waals surface area (Å²) < 4.78 is 8.20. The highest BCUT2D eigenvalue weighted by Gasteiger charge is 2.45. The highest BCUT2D eigenvalue weighted by molar-refractivity contribution is 7.96. The number of piperidine rings is 1. The average Bonchev–Trinajstić information content (AvgIpc) is 3.18. The maximum Gasteiger partial charge on any atom is 0.247 e. The molecule has 0 unspecified atom stereocenters. The summed E-state index contributed by atoms with van der Waals surface area (Å²) in [5.41, 5.74) is 9.47. The van der Waals surface area contributed by atoms with Gasteiger partial charge in [-0.15, -0.1) is 12.8 Å². The molecule has 3 rings (SSSR count). The van der Waals surface area contributed by atoms with E-state index in [1.54, 1.807) is 11.9 Å². The molecular weight excluding hydrogens is 472 g/mol. The van der Waals surface area contributed by atoms with Crippen LogP contribution >= 0.6 is 11.9 Å². The Kier molecular flexibility index (Phi) is 12.1. The van der Waals surface area contributed by atoms with Crippen LogP contribution in [0.4, 0.5) is 0 Å². The Bertz CT molecular complexity index is 937. The number of nitrogens with one attached hydrogen (secondary N) is 1. The molecular formula is C28H40N4O3S. The van der Waals surface area contributed by atoms with Gasteiger partial charge in [0.25, 0.3) is 0 Å². The normalized spacial score (nSPS) is 17.7. The summed E-state index contributed by atoms with van der Waals surface area (Å²) in [6.07, 6.45) is 17.2. The van der Waals surface area contributed by atoms with Crippen molar-refractivity contribution in [3.63, 3.8) is 0 Å². The molecule has 36 heavy (non-hydrogen) atoms. The molecule has 2 aliphatic rings. The molecule has 0 saturated carbocycles. The van der Waals surface area contributed by atoms with Crippen LogP contribution in [0.3, 0.4) is 0 Å². The number of nitrogens with two attached hydrogens (primary N) is 1. The summed E-state index contributed by atoms with van der Waals surface area (Å²) in [5, 5.41) is 2.76. The number of terminal acetylenes is 1. The van der Waals surface area contributed by atoms with Gasteiger partial charge in [0.1, 0.15) is 6.04 Å². The number of carbonyl (C=O) groups is 2. The van der Waals surface area contributed by atoms with Crippen LogP contribution in [0.25, 0.3) is 0 Å². The Morgan fingerprint density at radius 1 is 1.25 bits per heavy atom. The minimum atomic E-state index is -0.736. The van der Waals surface area contributed by atoms with Crippen LogP contribution in [0.2, 0.25) is 0 Å². The lowest BCUT2D eigenvalue weighted by Gasteiger charge is -2.42. The highest BCUT2D eigenvalue weighted by atomic mass is 32.2. The number of nitrogens with zero attached hydrogens (tertiary/aromatic N) is 2. The van der Waals surface area contributed by atoms with Gasteiger partial charge in [0, 0.05) is 37.0 Å². The lowest BCUT2D eigenvalue weighted by Crippen LogP contribution is -2.55. The molecule has 0 radical (unpaired) electrons. The predicted octanol–water partition coefficient (Wildman–Crippen LogP) is 3.34. The van der Waals surface area contributed by atoms with Gasteiger partial charge in [-0.1, -0.05) is 54.4 Å². The first kappa shape index (κ1) is 29.5. The molecule has 0 aliphatic carbocycles. The van der Waals surface area contributed by atoms with E-state index in [-0.39, 0.29) is 30.4 Å². The number of likely N-dealkylation sites (tertiary alicyclic amines) is 1. The fourth-order valence-electron chi connectivity index (χ4n) is 4.96. The van der Waals surface area contributed by atoms with E-state index in [4.69, 9.17) is 10.5 Å². The molecule has 1 saturated heterocycles. The van der Waals surface area contributed by atoms with E-state index in [0.29, 0.717) is 19.7 Å². The number of hydrogen-bond acceptors (Lipinski definition) is 6. The SMILES string of the molecule is C#C.C/C=C\CC1=C(C)N(SC)CC12CCN(C(=O)[C@@H](COCc1ccccc1)NC(=O)CN)CC2. The van der Waals surface area contributed by atoms with Crippen molar-refractivity contribution in [3.05, 3.63) is 59.3 Å². The summed E-state index contributed by atoms with van der Waals surface area (Å²) >= 11 is 1.77. The van der Waals surface area contributed by atoms with Crippen LogP contribution in [0.15, 0.2) is 53.8 Å². The van der Waals surface area contributed by atoms with E-state index < -0.39 is 6.04 Å². The fraction of sp³-hybridized carbons (Fsp3) is 0.500. The summed E-state index contributed by atoms with van der Waals surface area (Å²) in [6.45, 7) is 6.94. The van der Waals surface area contributed by atoms with Gasteiger partial charge >= 0.3 is 0 Å². The zero-order valence-corrected chi connectivity index (χ0v) is 22.6. The van der Waals surface area contributed by atoms with Crippen molar-refractivity contribution in [1.29, 1.82) is 0 Å². The van der Waals surface area contributed by atoms with Crippen LogP contribution in [-0.4, -0.2) is 66.1 Å². The Balaban J connectivity index is 0.00000222. The van der Waals surface area contributed by atoms with Crippen molar-refractivity contribution < 1.29 is 14.3 Å². The Hall–Kier alpha value is -2.73. The Morgan fingerprint density at radius 2 is 1.92 bits per heavy atom. The van der Waals surface area contributed by atoms with Crippen LogP contribution in [0, 0.1) is 18.3 Å². The smallest absolute Gasteiger partial charge is 0.247 e. The first-order valence-corrected chi connectivity index (χ1v) is 13.5. The second-order valence-electron chi connectivity index (χ2n) is 8.99. The van der Waals surface area contributed by atoms with Crippen molar-refractivity contribution in [2.75, 3.05) is 39.0 Å². The largest absolute Gasteiger partial charge is 0.374 e. The summed E-state index contributed by atoms with van der Waals surface area (Å²) in [4.78, 5) is 27.3. The van der Waals surface area contributed by atoms with Gasteiger partial charge in [0.2, 0.25) is 11.8 Å². The van der Waals surface area contributed by atoms with Crippen molar-refractivity contribution in [2.45, 2.75) is 45.8 Å². The molecule has 1 fully saturated rings. The number of hydrogen-bond donors (Lipinski definition) is 2. The molecule has 3 N–H and O–H groups in total. The predicted molar refractivity (Wildman–Crippen MR) is 148 cm³/mol. The minimum absolute atomic E-state index is 0.0971. The van der Waals surface area contributed by atoms with Crippen molar-refractivity contribution in [2.24, 2.45) is 11.1 Å². The molecule has 2 aliphatic heterocycles. The van der Waals surface area contributed by atoms with Crippen molar-refractivity contribution in [1.82, 2.24) is 14.5 Å². The third-order valence-electron chi connectivity index (χ3n) is 6.92. The monoisotopic (exact) mass is 512 g/mol. The number of benzene rings is 1. The standard InChI is InChI=1S/C26H38N4O3S.C2H2/c1-4-5-11-22-20(2)30(34-3)19-26(22)12-14-29(15-13-26)25(32)23(28-24(31)16-27)18-33-17-21-9-7-6-8-10-21;1-2/h4-10,23H,11-19,27H2,1-3H3,(H,28,31);1-2H/b5-4-;/t23-;/m1./s1. The number of ether oxygens (including phenoxy) is 1. The van der Waals surface area contributed by atoms with Gasteiger partial charge in [-0.25, -0.2) is 0 Å². The molecule has 1 aromatic carbocycles. The van der Waals surface area contributed by atoms with Gasteiger partial charge in [-0.05, 0) is 44.2 Å². The maximum atomic E-state index is 13.4. The Morgan fingerprint density at radius 3 is 2.50 bits per heavy atom. The first-order chi connectivity index (χ1) is 17.4. The molecule has 0 aromatic heterocycles. The van der Waals surface area contributed by atoms with E-state index >= 15 is 0 Å². The number of amides is 2. The van der Waals surface area contributed by atoms with Gasteiger partial charge in [-0.2, -0.15) is 0 Å². The average molecular weight is 513 g/mol. The van der Waals surface area contributed by atoms with E-state index in [0.717, 1.165) is 31.4 Å². The molecule has 2 amide bonds. The quantitative estimate of drug-likeness (QED) is 0.284. The van der Waals surface area contributed by atoms with Crippen LogP contribution in [-0.2, 0) is 20.9 Å². The maximum absolute atomic E-state index is 13.4. The molecule has 1 atom stereocenters. The highest BCUT2D eigenvalue weighted by Crippen LogP contribution is 2.49. The first-order valence-electron chi connectivity index (χ1n) is 12.3. The second-order valence-corrected chi connectivity index (χ2v) is 9.79. The summed E-state index contributed by atoms with van der Waals surface area (Å²) in [6, 6.07) is 9.05. The van der Waals surface area contributed by atoms with Gasteiger partial charge in [-0.3, -0.25) is 9.59 Å². The molecule has 1 aromatic rings. The summed E-state index contributed by atoms with van der Waals surface area (Å²) in [5.74, 6) is -0.450. The molecule has 0 bridgehead atoms. The van der Waals surface area contributed by atoms with Gasteiger partial charge < -0.3 is 25.0 Å². The second kappa shape index (κ2) is 14.7. The van der Waals surface area contributed by atoms with Gasteiger partial charge in [0.15, 0.2) is 0 Å². The third-order valence-corrected chi connectivity index (χ3v) is 7.77. The van der Waals surface area contributed by atoms with Crippen molar-refractivity contribution >= 4 is 23.8 Å². The van der Waals surface area contributed by atoms with E-state index in [1.807, 2.05) is 35.2 Å². The number of allylic oxidation sites excluding steroid dienone is 3. The van der Waals surface area contributed by atoms with Gasteiger partial charge in [0.05, 0.1) is 19.8 Å².